The lowest BCUT2D eigenvalue weighted by Gasteiger charge is -2.06. The molecule has 2 aromatic heterocycles. The van der Waals surface area contributed by atoms with Gasteiger partial charge in [-0.3, -0.25) is 0 Å². The summed E-state index contributed by atoms with van der Waals surface area (Å²) in [6, 6.07) is 4.35. The second-order valence-electron chi connectivity index (χ2n) is 7.09. The van der Waals surface area contributed by atoms with Crippen LogP contribution in [0, 0.1) is 27.7 Å². The summed E-state index contributed by atoms with van der Waals surface area (Å²) >= 11 is 0. The number of pyridine rings is 2. The molecule has 0 radical (unpaired) electrons. The maximum absolute atomic E-state index is 5.64. The second-order valence-corrected chi connectivity index (χ2v) is 7.09. The minimum Gasteiger partial charge on any atom is -0.377 e. The summed E-state index contributed by atoms with van der Waals surface area (Å²) in [6.07, 6.45) is 8.56. The normalized spacial score (nSPS) is 11.1. The van der Waals surface area contributed by atoms with Crippen molar-refractivity contribution in [2.75, 3.05) is 39.6 Å². The van der Waals surface area contributed by atoms with E-state index in [0.29, 0.717) is 39.6 Å². The fourth-order valence-electron chi connectivity index (χ4n) is 3.13. The molecule has 0 aliphatic rings. The van der Waals surface area contributed by atoms with Crippen molar-refractivity contribution in [2.45, 2.75) is 40.8 Å². The van der Waals surface area contributed by atoms with E-state index in [1.807, 2.05) is 0 Å². The van der Waals surface area contributed by atoms with Crippen LogP contribution >= 0.6 is 0 Å². The van der Waals surface area contributed by atoms with Gasteiger partial charge in [0.2, 0.25) is 0 Å². The smallest absolute Gasteiger partial charge is 0.171 e. The molecular formula is C22H34N2O3+2. The van der Waals surface area contributed by atoms with Crippen LogP contribution in [-0.2, 0) is 27.3 Å². The van der Waals surface area contributed by atoms with Crippen molar-refractivity contribution in [3.8, 4) is 0 Å². The predicted octanol–water partition coefficient (Wildman–Crippen LogP) is 2.25. The molecule has 0 aliphatic carbocycles. The van der Waals surface area contributed by atoms with Crippen molar-refractivity contribution >= 4 is 0 Å². The van der Waals surface area contributed by atoms with E-state index in [1.165, 1.54) is 22.3 Å². The first-order chi connectivity index (χ1) is 13.0. The molecule has 0 atom stereocenters. The minimum atomic E-state index is 0.604. The summed E-state index contributed by atoms with van der Waals surface area (Å²) in [5.41, 5.74) is 5.09. The van der Waals surface area contributed by atoms with E-state index in [1.54, 1.807) is 0 Å². The monoisotopic (exact) mass is 374 g/mol. The van der Waals surface area contributed by atoms with Gasteiger partial charge < -0.3 is 14.2 Å². The molecule has 0 fully saturated rings. The number of aromatic nitrogens is 2. The van der Waals surface area contributed by atoms with Crippen molar-refractivity contribution in [3.05, 3.63) is 59.2 Å². The molecule has 5 nitrogen and oxygen atoms in total. The van der Waals surface area contributed by atoms with Crippen molar-refractivity contribution in [1.29, 1.82) is 0 Å². The number of rotatable bonds is 12. The van der Waals surface area contributed by atoms with Gasteiger partial charge in [-0.05, 0) is 39.8 Å². The fourth-order valence-corrected chi connectivity index (χ4v) is 3.13. The molecule has 0 saturated heterocycles. The van der Waals surface area contributed by atoms with E-state index in [4.69, 9.17) is 14.2 Å². The van der Waals surface area contributed by atoms with Gasteiger partial charge in [0.05, 0.1) is 26.4 Å². The SMILES string of the molecule is Cc1cc(C)c[n+](CCOCCOCCOCC[n+]2cc(C)cc(C)c2)c1. The van der Waals surface area contributed by atoms with Crippen LogP contribution < -0.4 is 9.13 Å². The molecule has 2 rings (SSSR count). The van der Waals surface area contributed by atoms with Gasteiger partial charge in [0, 0.05) is 22.3 Å². The Bertz CT molecular complexity index is 604. The molecule has 0 aliphatic heterocycles. The highest BCUT2D eigenvalue weighted by molar-refractivity contribution is 5.11. The maximum atomic E-state index is 5.64. The van der Waals surface area contributed by atoms with Crippen LogP contribution in [0.5, 0.6) is 0 Å². The van der Waals surface area contributed by atoms with Gasteiger partial charge in [0.1, 0.15) is 13.2 Å². The first-order valence-electron chi connectivity index (χ1n) is 9.71. The third kappa shape index (κ3) is 9.09. The molecule has 0 saturated carbocycles. The molecule has 2 heterocycles. The Morgan fingerprint density at radius 1 is 0.519 bits per heavy atom. The summed E-state index contributed by atoms with van der Waals surface area (Å²) in [6.45, 7) is 14.0. The molecule has 0 bridgehead atoms. The third-order valence-electron chi connectivity index (χ3n) is 4.12. The summed E-state index contributed by atoms with van der Waals surface area (Å²) in [7, 11) is 0. The Morgan fingerprint density at radius 2 is 0.815 bits per heavy atom. The predicted molar refractivity (Wildman–Crippen MR) is 105 cm³/mol. The number of aryl methyl sites for hydroxylation is 4. The highest BCUT2D eigenvalue weighted by Gasteiger charge is 2.04. The van der Waals surface area contributed by atoms with Crippen LogP contribution in [0.25, 0.3) is 0 Å². The van der Waals surface area contributed by atoms with Crippen molar-refractivity contribution in [2.24, 2.45) is 0 Å². The zero-order valence-corrected chi connectivity index (χ0v) is 17.2. The number of ether oxygens (including phenoxy) is 3. The van der Waals surface area contributed by atoms with E-state index in [-0.39, 0.29) is 0 Å². The zero-order chi connectivity index (χ0) is 19.5. The van der Waals surface area contributed by atoms with Crippen LogP contribution in [0.15, 0.2) is 36.9 Å². The minimum absolute atomic E-state index is 0.604. The molecule has 0 unspecified atom stereocenters. The van der Waals surface area contributed by atoms with Gasteiger partial charge >= 0.3 is 0 Å². The van der Waals surface area contributed by atoms with Gasteiger partial charge in [-0.1, -0.05) is 0 Å². The van der Waals surface area contributed by atoms with Gasteiger partial charge in [-0.15, -0.1) is 0 Å². The Kier molecular flexibility index (Phi) is 9.39. The first kappa shape index (κ1) is 21.5. The lowest BCUT2D eigenvalue weighted by atomic mass is 10.2. The van der Waals surface area contributed by atoms with E-state index >= 15 is 0 Å². The van der Waals surface area contributed by atoms with Crippen molar-refractivity contribution in [3.63, 3.8) is 0 Å². The van der Waals surface area contributed by atoms with Crippen LogP contribution in [-0.4, -0.2) is 39.6 Å². The summed E-state index contributed by atoms with van der Waals surface area (Å²) in [5, 5.41) is 0. The number of hydrogen-bond acceptors (Lipinski definition) is 3. The second kappa shape index (κ2) is 11.8. The quantitative estimate of drug-likeness (QED) is 0.422. The highest BCUT2D eigenvalue weighted by atomic mass is 16.5. The third-order valence-corrected chi connectivity index (χ3v) is 4.12. The first-order valence-corrected chi connectivity index (χ1v) is 9.71. The highest BCUT2D eigenvalue weighted by Crippen LogP contribution is 1.98. The molecule has 0 aromatic carbocycles. The van der Waals surface area contributed by atoms with E-state index in [0.717, 1.165) is 13.1 Å². The average Bonchev–Trinajstić information content (AvgIpc) is 2.58. The van der Waals surface area contributed by atoms with Gasteiger partial charge in [-0.25, -0.2) is 9.13 Å². The van der Waals surface area contributed by atoms with Crippen LogP contribution in [0.2, 0.25) is 0 Å². The zero-order valence-electron chi connectivity index (χ0n) is 17.2. The largest absolute Gasteiger partial charge is 0.377 e. The van der Waals surface area contributed by atoms with E-state index in [9.17, 15) is 0 Å². The van der Waals surface area contributed by atoms with Crippen LogP contribution in [0.1, 0.15) is 22.3 Å². The Balaban J connectivity index is 1.43. The molecule has 27 heavy (non-hydrogen) atoms. The van der Waals surface area contributed by atoms with E-state index < -0.39 is 0 Å². The maximum Gasteiger partial charge on any atom is 0.171 e. The Morgan fingerprint density at radius 3 is 1.15 bits per heavy atom. The number of nitrogens with zero attached hydrogens (tertiary/aromatic N) is 2. The fraction of sp³-hybridized carbons (Fsp3) is 0.545. The van der Waals surface area contributed by atoms with E-state index in [2.05, 4.69) is 73.7 Å². The van der Waals surface area contributed by atoms with Crippen molar-refractivity contribution < 1.29 is 23.3 Å². The Labute approximate surface area is 163 Å². The molecule has 5 heteroatoms. The lowest BCUT2D eigenvalue weighted by molar-refractivity contribution is -0.699. The van der Waals surface area contributed by atoms with Crippen LogP contribution in [0.3, 0.4) is 0 Å². The van der Waals surface area contributed by atoms with Gasteiger partial charge in [0.15, 0.2) is 37.9 Å². The summed E-state index contributed by atoms with van der Waals surface area (Å²) in [4.78, 5) is 0. The summed E-state index contributed by atoms with van der Waals surface area (Å²) in [5.74, 6) is 0. The lowest BCUT2D eigenvalue weighted by Crippen LogP contribution is -2.36. The van der Waals surface area contributed by atoms with Crippen molar-refractivity contribution in [1.82, 2.24) is 0 Å². The molecule has 2 aromatic rings. The van der Waals surface area contributed by atoms with Gasteiger partial charge in [-0.2, -0.15) is 0 Å². The Hall–Kier alpha value is -1.82. The standard InChI is InChI=1S/C22H34N2O3/c1-19-13-20(2)16-23(15-19)5-7-25-9-11-27-12-10-26-8-6-24-17-21(3)14-22(4)18-24/h13-18H,5-12H2,1-4H3/q+2. The van der Waals surface area contributed by atoms with Gasteiger partial charge in [0.25, 0.3) is 0 Å². The average molecular weight is 375 g/mol. The molecule has 0 N–H and O–H groups in total. The summed E-state index contributed by atoms with van der Waals surface area (Å²) < 4.78 is 21.2. The molecular weight excluding hydrogens is 340 g/mol. The molecule has 0 amide bonds. The topological polar surface area (TPSA) is 35.5 Å². The van der Waals surface area contributed by atoms with Crippen LogP contribution in [0.4, 0.5) is 0 Å². The molecule has 0 spiro atoms. The number of hydrogen-bond donors (Lipinski definition) is 0. The molecule has 148 valence electrons.